The third kappa shape index (κ3) is 6.45. The van der Waals surface area contributed by atoms with Gasteiger partial charge in [-0.15, -0.1) is 0 Å². The fraction of sp³-hybridized carbons (Fsp3) is 0.300. The van der Waals surface area contributed by atoms with Gasteiger partial charge < -0.3 is 15.4 Å². The maximum absolute atomic E-state index is 12.4. The standard InChI is InChI=1S/C20H22Cl2N2O3/c1-12(2)11-23-20(26)14-5-4-6-16(9-14)24-19(25)13(3)27-18-8-7-15(21)10-17(18)22/h4-10,12-13H,11H2,1-3H3,(H,23,26)(H,24,25). The molecule has 0 aliphatic carbocycles. The molecule has 0 fully saturated rings. The number of nitrogens with one attached hydrogen (secondary N) is 2. The second-order valence-corrected chi connectivity index (χ2v) is 7.35. The van der Waals surface area contributed by atoms with Gasteiger partial charge in [0, 0.05) is 22.8 Å². The molecule has 144 valence electrons. The van der Waals surface area contributed by atoms with Crippen LogP contribution in [-0.4, -0.2) is 24.5 Å². The largest absolute Gasteiger partial charge is 0.479 e. The molecule has 0 heterocycles. The van der Waals surface area contributed by atoms with Gasteiger partial charge in [-0.05, 0) is 49.2 Å². The van der Waals surface area contributed by atoms with Gasteiger partial charge in [-0.3, -0.25) is 9.59 Å². The Balaban J connectivity index is 2.00. The van der Waals surface area contributed by atoms with E-state index in [-0.39, 0.29) is 11.8 Å². The average Bonchev–Trinajstić information content (AvgIpc) is 2.62. The molecule has 2 amide bonds. The summed E-state index contributed by atoms with van der Waals surface area (Å²) < 4.78 is 5.59. The van der Waals surface area contributed by atoms with Gasteiger partial charge in [0.05, 0.1) is 5.02 Å². The lowest BCUT2D eigenvalue weighted by Crippen LogP contribution is -2.30. The molecule has 0 bridgehead atoms. The summed E-state index contributed by atoms with van der Waals surface area (Å²) in [4.78, 5) is 24.5. The molecule has 27 heavy (non-hydrogen) atoms. The zero-order valence-electron chi connectivity index (χ0n) is 15.4. The molecule has 0 aromatic heterocycles. The number of ether oxygens (including phenoxy) is 1. The topological polar surface area (TPSA) is 67.4 Å². The molecule has 0 saturated carbocycles. The van der Waals surface area contributed by atoms with Gasteiger partial charge in [0.25, 0.3) is 11.8 Å². The lowest BCUT2D eigenvalue weighted by Gasteiger charge is -2.16. The third-order valence-electron chi connectivity index (χ3n) is 3.63. The first kappa shape index (κ1) is 21.1. The molecule has 2 rings (SSSR count). The Morgan fingerprint density at radius 3 is 2.48 bits per heavy atom. The minimum absolute atomic E-state index is 0.183. The van der Waals surface area contributed by atoms with E-state index in [1.165, 1.54) is 0 Å². The Morgan fingerprint density at radius 2 is 1.81 bits per heavy atom. The van der Waals surface area contributed by atoms with Crippen molar-refractivity contribution in [3.63, 3.8) is 0 Å². The number of hydrogen-bond acceptors (Lipinski definition) is 3. The van der Waals surface area contributed by atoms with E-state index >= 15 is 0 Å². The molecule has 2 N–H and O–H groups in total. The van der Waals surface area contributed by atoms with Crippen molar-refractivity contribution < 1.29 is 14.3 Å². The number of carbonyl (C=O) groups is 2. The Hall–Kier alpha value is -2.24. The molecule has 1 atom stereocenters. The summed E-state index contributed by atoms with van der Waals surface area (Å²) in [6, 6.07) is 11.5. The van der Waals surface area contributed by atoms with Crippen LogP contribution in [-0.2, 0) is 4.79 Å². The molecule has 0 spiro atoms. The fourth-order valence-corrected chi connectivity index (χ4v) is 2.65. The monoisotopic (exact) mass is 408 g/mol. The number of benzene rings is 2. The first-order valence-corrected chi connectivity index (χ1v) is 9.32. The zero-order chi connectivity index (χ0) is 20.0. The quantitative estimate of drug-likeness (QED) is 0.691. The Labute approximate surface area is 169 Å². The van der Waals surface area contributed by atoms with Gasteiger partial charge in [-0.2, -0.15) is 0 Å². The van der Waals surface area contributed by atoms with Crippen LogP contribution in [0.15, 0.2) is 42.5 Å². The molecular formula is C20H22Cl2N2O3. The highest BCUT2D eigenvalue weighted by molar-refractivity contribution is 6.35. The smallest absolute Gasteiger partial charge is 0.265 e. The van der Waals surface area contributed by atoms with Crippen LogP contribution in [0.25, 0.3) is 0 Å². The van der Waals surface area contributed by atoms with Crippen LogP contribution in [0.2, 0.25) is 10.0 Å². The SMILES string of the molecule is CC(C)CNC(=O)c1cccc(NC(=O)C(C)Oc2ccc(Cl)cc2Cl)c1. The van der Waals surface area contributed by atoms with Crippen molar-refractivity contribution in [1.82, 2.24) is 5.32 Å². The van der Waals surface area contributed by atoms with Crippen LogP contribution in [0.5, 0.6) is 5.75 Å². The molecule has 7 heteroatoms. The van der Waals surface area contributed by atoms with Crippen molar-refractivity contribution in [2.75, 3.05) is 11.9 Å². The van der Waals surface area contributed by atoms with Crippen LogP contribution in [0, 0.1) is 5.92 Å². The van der Waals surface area contributed by atoms with E-state index in [2.05, 4.69) is 10.6 Å². The van der Waals surface area contributed by atoms with E-state index in [4.69, 9.17) is 27.9 Å². The first-order valence-electron chi connectivity index (χ1n) is 8.57. The van der Waals surface area contributed by atoms with Crippen molar-refractivity contribution >= 4 is 40.7 Å². The van der Waals surface area contributed by atoms with E-state index < -0.39 is 6.10 Å². The predicted molar refractivity (Wildman–Crippen MR) is 109 cm³/mol. The number of rotatable bonds is 7. The van der Waals surface area contributed by atoms with Crippen molar-refractivity contribution in [2.45, 2.75) is 26.9 Å². The number of amides is 2. The van der Waals surface area contributed by atoms with Crippen molar-refractivity contribution in [3.05, 3.63) is 58.1 Å². The molecular weight excluding hydrogens is 387 g/mol. The minimum atomic E-state index is -0.790. The fourth-order valence-electron chi connectivity index (χ4n) is 2.20. The zero-order valence-corrected chi connectivity index (χ0v) is 16.9. The van der Waals surface area contributed by atoms with Gasteiger partial charge in [-0.1, -0.05) is 43.1 Å². The molecule has 2 aromatic carbocycles. The molecule has 0 radical (unpaired) electrons. The maximum Gasteiger partial charge on any atom is 0.265 e. The summed E-state index contributed by atoms with van der Waals surface area (Å²) in [5, 5.41) is 6.39. The molecule has 2 aromatic rings. The highest BCUT2D eigenvalue weighted by atomic mass is 35.5. The Morgan fingerprint density at radius 1 is 1.07 bits per heavy atom. The summed E-state index contributed by atoms with van der Waals surface area (Å²) >= 11 is 11.9. The molecule has 0 saturated heterocycles. The van der Waals surface area contributed by atoms with Gasteiger partial charge in [0.15, 0.2) is 6.10 Å². The molecule has 5 nitrogen and oxygen atoms in total. The number of halogens is 2. The number of anilines is 1. The lowest BCUT2D eigenvalue weighted by molar-refractivity contribution is -0.122. The Bertz CT molecular complexity index is 825. The van der Waals surface area contributed by atoms with Crippen LogP contribution in [0.3, 0.4) is 0 Å². The lowest BCUT2D eigenvalue weighted by atomic mass is 10.1. The van der Waals surface area contributed by atoms with Crippen LogP contribution < -0.4 is 15.4 Å². The predicted octanol–water partition coefficient (Wildman–Crippen LogP) is 4.79. The summed E-state index contributed by atoms with van der Waals surface area (Å²) in [6.45, 7) is 6.23. The normalized spacial score (nSPS) is 11.8. The van der Waals surface area contributed by atoms with Gasteiger partial charge in [-0.25, -0.2) is 0 Å². The van der Waals surface area contributed by atoms with E-state index in [1.807, 2.05) is 13.8 Å². The summed E-state index contributed by atoms with van der Waals surface area (Å²) in [6.07, 6.45) is -0.790. The van der Waals surface area contributed by atoms with Crippen molar-refractivity contribution in [1.29, 1.82) is 0 Å². The Kier molecular flexibility index (Phi) is 7.51. The van der Waals surface area contributed by atoms with Crippen LogP contribution in [0.1, 0.15) is 31.1 Å². The van der Waals surface area contributed by atoms with E-state index in [0.29, 0.717) is 39.5 Å². The molecule has 1 unspecified atom stereocenters. The second kappa shape index (κ2) is 9.62. The number of hydrogen-bond donors (Lipinski definition) is 2. The second-order valence-electron chi connectivity index (χ2n) is 6.51. The summed E-state index contributed by atoms with van der Waals surface area (Å²) in [5.41, 5.74) is 0.984. The molecule has 0 aliphatic rings. The van der Waals surface area contributed by atoms with Gasteiger partial charge in [0.1, 0.15) is 5.75 Å². The summed E-state index contributed by atoms with van der Waals surface area (Å²) in [7, 11) is 0. The minimum Gasteiger partial charge on any atom is -0.479 e. The van der Waals surface area contributed by atoms with Gasteiger partial charge >= 0.3 is 0 Å². The van der Waals surface area contributed by atoms with Crippen LogP contribution in [0.4, 0.5) is 5.69 Å². The highest BCUT2D eigenvalue weighted by Gasteiger charge is 2.17. The first-order chi connectivity index (χ1) is 12.8. The van der Waals surface area contributed by atoms with E-state index in [1.54, 1.807) is 49.4 Å². The summed E-state index contributed by atoms with van der Waals surface area (Å²) in [5.74, 6) is 0.179. The van der Waals surface area contributed by atoms with E-state index in [0.717, 1.165) is 0 Å². The van der Waals surface area contributed by atoms with Gasteiger partial charge in [0.2, 0.25) is 0 Å². The van der Waals surface area contributed by atoms with Crippen molar-refractivity contribution in [3.8, 4) is 5.75 Å². The van der Waals surface area contributed by atoms with Crippen molar-refractivity contribution in [2.24, 2.45) is 5.92 Å². The average molecular weight is 409 g/mol. The maximum atomic E-state index is 12.4. The van der Waals surface area contributed by atoms with Crippen LogP contribution >= 0.6 is 23.2 Å². The molecule has 0 aliphatic heterocycles. The third-order valence-corrected chi connectivity index (χ3v) is 4.16. The van der Waals surface area contributed by atoms with E-state index in [9.17, 15) is 9.59 Å². The number of carbonyl (C=O) groups excluding carboxylic acids is 2. The highest BCUT2D eigenvalue weighted by Crippen LogP contribution is 2.28.